The van der Waals surface area contributed by atoms with E-state index in [0.717, 1.165) is 28.6 Å². The van der Waals surface area contributed by atoms with Crippen LogP contribution in [0, 0.1) is 5.41 Å². The van der Waals surface area contributed by atoms with Gasteiger partial charge >= 0.3 is 0 Å². The van der Waals surface area contributed by atoms with E-state index in [0.29, 0.717) is 18.4 Å². The molecular formula is C24H28F2N2O2S. The van der Waals surface area contributed by atoms with Crippen molar-refractivity contribution >= 4 is 20.9 Å². The summed E-state index contributed by atoms with van der Waals surface area (Å²) >= 11 is 0. The number of hydrogen-bond acceptors (Lipinski definition) is 2. The molecule has 1 fully saturated rings. The lowest BCUT2D eigenvalue weighted by Gasteiger charge is -2.20. The number of aromatic nitrogens is 1. The number of halogens is 2. The molecule has 0 radical (unpaired) electrons. The summed E-state index contributed by atoms with van der Waals surface area (Å²) in [7, 11) is -3.29. The van der Waals surface area contributed by atoms with E-state index >= 15 is 0 Å². The molecule has 1 saturated carbocycles. The van der Waals surface area contributed by atoms with Gasteiger partial charge in [-0.2, -0.15) is 0 Å². The van der Waals surface area contributed by atoms with Crippen LogP contribution in [0.3, 0.4) is 0 Å². The number of benzene rings is 2. The third kappa shape index (κ3) is 4.83. The minimum Gasteiger partial charge on any atom is -0.347 e. The Morgan fingerprint density at radius 2 is 1.84 bits per heavy atom. The van der Waals surface area contributed by atoms with Crippen LogP contribution in [-0.2, 0) is 23.1 Å². The van der Waals surface area contributed by atoms with E-state index in [1.165, 1.54) is 6.07 Å². The summed E-state index contributed by atoms with van der Waals surface area (Å²) in [6.45, 7) is 7.33. The molecule has 4 nitrogen and oxygen atoms in total. The Labute approximate surface area is 182 Å². The van der Waals surface area contributed by atoms with E-state index < -0.39 is 16.4 Å². The SMILES string of the molecule is CC(C)(C)Cn1cc(CNS(=O)(=O)C2CC2)c2ccc(-c3ccccc3C(F)F)cc21. The fraction of sp³-hybridized carbons (Fsp3) is 0.417. The third-order valence-electron chi connectivity index (χ3n) is 5.54. The van der Waals surface area contributed by atoms with E-state index in [2.05, 4.69) is 30.1 Å². The van der Waals surface area contributed by atoms with E-state index in [4.69, 9.17) is 0 Å². The van der Waals surface area contributed by atoms with Gasteiger partial charge in [0, 0.05) is 35.8 Å². The van der Waals surface area contributed by atoms with Crippen molar-refractivity contribution in [3.05, 3.63) is 59.8 Å². The number of nitrogens with one attached hydrogen (secondary N) is 1. The molecule has 3 aromatic rings. The lowest BCUT2D eigenvalue weighted by Crippen LogP contribution is -2.26. The van der Waals surface area contributed by atoms with Crippen molar-refractivity contribution in [3.8, 4) is 11.1 Å². The first kappa shape index (κ1) is 22.0. The van der Waals surface area contributed by atoms with Crippen LogP contribution in [0.5, 0.6) is 0 Å². The van der Waals surface area contributed by atoms with Gasteiger partial charge < -0.3 is 4.57 Å². The minimum atomic E-state index is -3.29. The fourth-order valence-corrected chi connectivity index (χ4v) is 5.29. The van der Waals surface area contributed by atoms with Crippen LogP contribution in [0.1, 0.15) is 51.2 Å². The molecule has 0 bridgehead atoms. The summed E-state index contributed by atoms with van der Waals surface area (Å²) in [5.74, 6) is 0. The topological polar surface area (TPSA) is 51.1 Å². The van der Waals surface area contributed by atoms with Crippen molar-refractivity contribution in [2.24, 2.45) is 5.41 Å². The molecule has 0 unspecified atom stereocenters. The molecule has 0 spiro atoms. The summed E-state index contributed by atoms with van der Waals surface area (Å²) in [5, 5.41) is 0.661. The van der Waals surface area contributed by atoms with Crippen LogP contribution in [0.15, 0.2) is 48.7 Å². The Morgan fingerprint density at radius 1 is 1.13 bits per heavy atom. The van der Waals surface area contributed by atoms with Crippen LogP contribution in [-0.4, -0.2) is 18.2 Å². The van der Waals surface area contributed by atoms with E-state index in [1.807, 2.05) is 24.4 Å². The summed E-state index contributed by atoms with van der Waals surface area (Å²) in [6.07, 6.45) is 0.858. The standard InChI is InChI=1S/C24H28F2N2O2S/c1-24(2,3)15-28-14-17(13-27-31(29,30)18-9-10-18)20-11-8-16(12-22(20)28)19-6-4-5-7-21(19)23(25)26/h4-8,11-12,14,18,23,27H,9-10,13,15H2,1-3H3. The summed E-state index contributed by atoms with van der Waals surface area (Å²) < 4.78 is 56.5. The van der Waals surface area contributed by atoms with Gasteiger partial charge in [-0.25, -0.2) is 21.9 Å². The molecule has 1 aromatic heterocycles. The second-order valence-electron chi connectivity index (χ2n) is 9.53. The monoisotopic (exact) mass is 446 g/mol. The van der Waals surface area contributed by atoms with Crippen LogP contribution >= 0.6 is 0 Å². The molecule has 1 aliphatic carbocycles. The van der Waals surface area contributed by atoms with Gasteiger partial charge in [0.15, 0.2) is 0 Å². The zero-order valence-corrected chi connectivity index (χ0v) is 18.8. The maximum Gasteiger partial charge on any atom is 0.264 e. The van der Waals surface area contributed by atoms with E-state index in [-0.39, 0.29) is 22.8 Å². The predicted molar refractivity (Wildman–Crippen MR) is 121 cm³/mol. The van der Waals surface area contributed by atoms with Gasteiger partial charge in [0.05, 0.1) is 5.25 Å². The number of sulfonamides is 1. The van der Waals surface area contributed by atoms with Crippen molar-refractivity contribution in [2.75, 3.05) is 0 Å². The lowest BCUT2D eigenvalue weighted by molar-refractivity contribution is 0.152. The second kappa shape index (κ2) is 8.02. The molecule has 4 rings (SSSR count). The molecule has 1 N–H and O–H groups in total. The van der Waals surface area contributed by atoms with Crippen LogP contribution < -0.4 is 4.72 Å². The number of alkyl halides is 2. The van der Waals surface area contributed by atoms with Gasteiger partial charge in [-0.05, 0) is 41.0 Å². The Morgan fingerprint density at radius 3 is 2.48 bits per heavy atom. The summed E-state index contributed by atoms with van der Waals surface area (Å²) in [5.41, 5.74) is 3.04. The largest absolute Gasteiger partial charge is 0.347 e. The molecule has 166 valence electrons. The van der Waals surface area contributed by atoms with Crippen LogP contribution in [0.4, 0.5) is 8.78 Å². The maximum atomic E-state index is 13.5. The molecule has 0 saturated heterocycles. The Hall–Kier alpha value is -2.25. The van der Waals surface area contributed by atoms with Crippen molar-refractivity contribution in [3.63, 3.8) is 0 Å². The zero-order valence-electron chi connectivity index (χ0n) is 18.0. The van der Waals surface area contributed by atoms with Crippen molar-refractivity contribution in [1.82, 2.24) is 9.29 Å². The van der Waals surface area contributed by atoms with Gasteiger partial charge in [0.2, 0.25) is 10.0 Å². The molecule has 2 aromatic carbocycles. The predicted octanol–water partition coefficient (Wildman–Crippen LogP) is 5.87. The third-order valence-corrected chi connectivity index (χ3v) is 7.44. The Balaban J connectivity index is 1.77. The number of nitrogens with zero attached hydrogens (tertiary/aromatic N) is 1. The average molecular weight is 447 g/mol. The van der Waals surface area contributed by atoms with Gasteiger partial charge in [-0.15, -0.1) is 0 Å². The van der Waals surface area contributed by atoms with Gasteiger partial charge in [0.1, 0.15) is 0 Å². The average Bonchev–Trinajstić information content (AvgIpc) is 3.51. The maximum absolute atomic E-state index is 13.5. The summed E-state index contributed by atoms with van der Waals surface area (Å²) in [6, 6.07) is 12.2. The highest BCUT2D eigenvalue weighted by molar-refractivity contribution is 7.90. The normalized spacial score (nSPS) is 15.2. The number of hydrogen-bond donors (Lipinski definition) is 1. The van der Waals surface area contributed by atoms with Crippen molar-refractivity contribution in [2.45, 2.75) is 58.4 Å². The van der Waals surface area contributed by atoms with Crippen molar-refractivity contribution < 1.29 is 17.2 Å². The molecule has 7 heteroatoms. The summed E-state index contributed by atoms with van der Waals surface area (Å²) in [4.78, 5) is 0. The minimum absolute atomic E-state index is 0.00633. The molecule has 0 amide bonds. The van der Waals surface area contributed by atoms with E-state index in [1.54, 1.807) is 18.2 Å². The fourth-order valence-electron chi connectivity index (χ4n) is 3.94. The van der Waals surface area contributed by atoms with Crippen LogP contribution in [0.2, 0.25) is 0 Å². The van der Waals surface area contributed by atoms with Gasteiger partial charge in [-0.1, -0.05) is 57.2 Å². The van der Waals surface area contributed by atoms with Crippen molar-refractivity contribution in [1.29, 1.82) is 0 Å². The highest BCUT2D eigenvalue weighted by Crippen LogP contribution is 2.35. The number of rotatable bonds is 7. The molecular weight excluding hydrogens is 418 g/mol. The first-order valence-corrected chi connectivity index (χ1v) is 12.1. The zero-order chi connectivity index (χ0) is 22.4. The number of fused-ring (bicyclic) bond motifs is 1. The lowest BCUT2D eigenvalue weighted by atomic mass is 9.96. The smallest absolute Gasteiger partial charge is 0.264 e. The van der Waals surface area contributed by atoms with Crippen LogP contribution in [0.25, 0.3) is 22.0 Å². The first-order valence-electron chi connectivity index (χ1n) is 10.5. The van der Waals surface area contributed by atoms with E-state index in [9.17, 15) is 17.2 Å². The first-order chi connectivity index (χ1) is 14.5. The van der Waals surface area contributed by atoms with Gasteiger partial charge in [-0.3, -0.25) is 0 Å². The Kier molecular flexibility index (Phi) is 5.68. The highest BCUT2D eigenvalue weighted by atomic mass is 32.2. The Bertz CT molecular complexity index is 1210. The molecule has 1 aliphatic rings. The molecule has 31 heavy (non-hydrogen) atoms. The second-order valence-corrected chi connectivity index (χ2v) is 11.6. The highest BCUT2D eigenvalue weighted by Gasteiger charge is 2.35. The molecule has 0 aliphatic heterocycles. The van der Waals surface area contributed by atoms with Gasteiger partial charge in [0.25, 0.3) is 6.43 Å². The quantitative estimate of drug-likeness (QED) is 0.493. The molecule has 1 heterocycles. The molecule has 0 atom stereocenters.